The Balaban J connectivity index is 2.17. The van der Waals surface area contributed by atoms with E-state index in [2.05, 4.69) is 20.7 Å². The van der Waals surface area contributed by atoms with Crippen LogP contribution in [0, 0.1) is 6.92 Å². The van der Waals surface area contributed by atoms with E-state index in [1.165, 1.54) is 6.07 Å². The highest BCUT2D eigenvalue weighted by molar-refractivity contribution is 9.11. The number of aromatic hydroxyl groups is 1. The van der Waals surface area contributed by atoms with E-state index < -0.39 is 10.0 Å². The van der Waals surface area contributed by atoms with Crippen LogP contribution >= 0.6 is 27.3 Å². The van der Waals surface area contributed by atoms with Gasteiger partial charge in [0, 0.05) is 12.1 Å². The SMILES string of the molecule is Cc1cc(S(=O)(=O)NCc2ccccc2O)sc1Br. The number of halogens is 1. The van der Waals surface area contributed by atoms with Crippen molar-refractivity contribution in [1.82, 2.24) is 4.72 Å². The van der Waals surface area contributed by atoms with Crippen LogP contribution in [-0.2, 0) is 16.6 Å². The summed E-state index contributed by atoms with van der Waals surface area (Å²) in [4.78, 5) is 0. The van der Waals surface area contributed by atoms with Crippen molar-refractivity contribution in [1.29, 1.82) is 0 Å². The Morgan fingerprint density at radius 2 is 2.05 bits per heavy atom. The minimum atomic E-state index is -3.55. The molecule has 4 nitrogen and oxygen atoms in total. The van der Waals surface area contributed by atoms with Gasteiger partial charge in [0.2, 0.25) is 10.0 Å². The Kier molecular flexibility index (Phi) is 4.29. The molecule has 0 spiro atoms. The second-order valence-electron chi connectivity index (χ2n) is 3.98. The first-order chi connectivity index (χ1) is 8.90. The summed E-state index contributed by atoms with van der Waals surface area (Å²) in [6, 6.07) is 8.24. The number of hydrogen-bond donors (Lipinski definition) is 2. The molecule has 2 N–H and O–H groups in total. The molecule has 0 fully saturated rings. The number of hydrogen-bond acceptors (Lipinski definition) is 4. The van der Waals surface area contributed by atoms with Gasteiger partial charge in [0.1, 0.15) is 9.96 Å². The third-order valence-electron chi connectivity index (χ3n) is 2.54. The van der Waals surface area contributed by atoms with Gasteiger partial charge in [0.15, 0.2) is 0 Å². The van der Waals surface area contributed by atoms with Crippen LogP contribution in [0.25, 0.3) is 0 Å². The lowest BCUT2D eigenvalue weighted by Gasteiger charge is -2.06. The highest BCUT2D eigenvalue weighted by Gasteiger charge is 2.18. The van der Waals surface area contributed by atoms with Gasteiger partial charge in [0.05, 0.1) is 3.79 Å². The van der Waals surface area contributed by atoms with Gasteiger partial charge in [0.25, 0.3) is 0 Å². The van der Waals surface area contributed by atoms with Gasteiger partial charge >= 0.3 is 0 Å². The average Bonchev–Trinajstić information content (AvgIpc) is 2.70. The van der Waals surface area contributed by atoms with Crippen LogP contribution in [-0.4, -0.2) is 13.5 Å². The predicted molar refractivity (Wildman–Crippen MR) is 78.9 cm³/mol. The first-order valence-corrected chi connectivity index (χ1v) is 8.52. The molecular weight excluding hydrogens is 350 g/mol. The van der Waals surface area contributed by atoms with Gasteiger partial charge in [-0.3, -0.25) is 0 Å². The Labute approximate surface area is 124 Å². The molecule has 0 radical (unpaired) electrons. The van der Waals surface area contributed by atoms with Crippen molar-refractivity contribution >= 4 is 37.3 Å². The zero-order valence-corrected chi connectivity index (χ0v) is 13.3. The highest BCUT2D eigenvalue weighted by atomic mass is 79.9. The molecule has 0 aliphatic rings. The monoisotopic (exact) mass is 361 g/mol. The number of phenolic OH excluding ortho intramolecular Hbond substituents is 1. The molecule has 0 amide bonds. The number of benzene rings is 1. The normalized spacial score (nSPS) is 11.7. The summed E-state index contributed by atoms with van der Waals surface area (Å²) < 4.78 is 27.7. The van der Waals surface area contributed by atoms with E-state index in [1.807, 2.05) is 6.92 Å². The Morgan fingerprint density at radius 3 is 2.63 bits per heavy atom. The molecule has 1 aromatic heterocycles. The minimum absolute atomic E-state index is 0.0591. The fourth-order valence-corrected chi connectivity index (χ4v) is 4.75. The number of aryl methyl sites for hydroxylation is 1. The first kappa shape index (κ1) is 14.5. The van der Waals surface area contributed by atoms with Crippen molar-refractivity contribution in [2.45, 2.75) is 17.7 Å². The Morgan fingerprint density at radius 1 is 1.37 bits per heavy atom. The fourth-order valence-electron chi connectivity index (χ4n) is 1.47. The lowest BCUT2D eigenvalue weighted by atomic mass is 10.2. The summed E-state index contributed by atoms with van der Waals surface area (Å²) in [5.74, 6) is 0.0775. The summed E-state index contributed by atoms with van der Waals surface area (Å²) >= 11 is 4.47. The van der Waals surface area contributed by atoms with Crippen LogP contribution < -0.4 is 4.72 Å². The minimum Gasteiger partial charge on any atom is -0.508 e. The molecule has 0 aliphatic carbocycles. The number of nitrogens with one attached hydrogen (secondary N) is 1. The second kappa shape index (κ2) is 5.62. The number of sulfonamides is 1. The van der Waals surface area contributed by atoms with Gasteiger partial charge in [-0.1, -0.05) is 18.2 Å². The first-order valence-electron chi connectivity index (χ1n) is 5.42. The van der Waals surface area contributed by atoms with Crippen LogP contribution in [0.4, 0.5) is 0 Å². The maximum absolute atomic E-state index is 12.1. The number of rotatable bonds is 4. The molecular formula is C12H12BrNO3S2. The second-order valence-corrected chi connectivity index (χ2v) is 8.34. The van der Waals surface area contributed by atoms with Crippen molar-refractivity contribution in [3.05, 3.63) is 45.2 Å². The molecule has 102 valence electrons. The number of para-hydroxylation sites is 1. The zero-order chi connectivity index (χ0) is 14.0. The van der Waals surface area contributed by atoms with Gasteiger partial charge < -0.3 is 5.11 Å². The quantitative estimate of drug-likeness (QED) is 0.879. The maximum Gasteiger partial charge on any atom is 0.250 e. The average molecular weight is 362 g/mol. The molecule has 1 aromatic carbocycles. The topological polar surface area (TPSA) is 66.4 Å². The summed E-state index contributed by atoms with van der Waals surface area (Å²) in [5, 5.41) is 9.59. The summed E-state index contributed by atoms with van der Waals surface area (Å²) in [6.07, 6.45) is 0. The largest absolute Gasteiger partial charge is 0.508 e. The molecule has 2 aromatic rings. The molecule has 0 saturated carbocycles. The molecule has 0 saturated heterocycles. The molecule has 0 aliphatic heterocycles. The van der Waals surface area contributed by atoms with Crippen molar-refractivity contribution in [2.75, 3.05) is 0 Å². The fraction of sp³-hybridized carbons (Fsp3) is 0.167. The van der Waals surface area contributed by atoms with E-state index in [1.54, 1.807) is 24.3 Å². The predicted octanol–water partition coefficient (Wildman–Crippen LogP) is 3.00. The van der Waals surface area contributed by atoms with Crippen LogP contribution in [0.1, 0.15) is 11.1 Å². The molecule has 0 bridgehead atoms. The molecule has 0 atom stereocenters. The van der Waals surface area contributed by atoms with E-state index in [0.29, 0.717) is 5.56 Å². The van der Waals surface area contributed by atoms with Crippen molar-refractivity contribution in [2.24, 2.45) is 0 Å². The van der Waals surface area contributed by atoms with E-state index in [0.717, 1.165) is 20.7 Å². The van der Waals surface area contributed by atoms with Gasteiger partial charge in [-0.25, -0.2) is 13.1 Å². The number of thiophene rings is 1. The lowest BCUT2D eigenvalue weighted by molar-refractivity contribution is 0.467. The van der Waals surface area contributed by atoms with Gasteiger partial charge in [-0.15, -0.1) is 11.3 Å². The van der Waals surface area contributed by atoms with Gasteiger partial charge in [-0.2, -0.15) is 0 Å². The van der Waals surface area contributed by atoms with Crippen molar-refractivity contribution in [3.8, 4) is 5.75 Å². The zero-order valence-electron chi connectivity index (χ0n) is 10.1. The molecule has 7 heteroatoms. The van der Waals surface area contributed by atoms with Crippen LogP contribution in [0.2, 0.25) is 0 Å². The molecule has 2 rings (SSSR count). The van der Waals surface area contributed by atoms with Crippen molar-refractivity contribution < 1.29 is 13.5 Å². The van der Waals surface area contributed by atoms with Crippen LogP contribution in [0.15, 0.2) is 38.3 Å². The van der Waals surface area contributed by atoms with Gasteiger partial charge in [-0.05, 0) is 40.5 Å². The third kappa shape index (κ3) is 3.36. The summed E-state index contributed by atoms with van der Waals surface area (Å²) in [5.41, 5.74) is 1.42. The molecule has 1 heterocycles. The van der Waals surface area contributed by atoms with E-state index in [9.17, 15) is 13.5 Å². The lowest BCUT2D eigenvalue weighted by Crippen LogP contribution is -2.22. The van der Waals surface area contributed by atoms with E-state index in [-0.39, 0.29) is 16.5 Å². The summed E-state index contributed by atoms with van der Waals surface area (Å²) in [6.45, 7) is 1.90. The van der Waals surface area contributed by atoms with Crippen LogP contribution in [0.5, 0.6) is 5.75 Å². The van der Waals surface area contributed by atoms with Crippen molar-refractivity contribution in [3.63, 3.8) is 0 Å². The molecule has 0 unspecified atom stereocenters. The Bertz CT molecular complexity index is 675. The molecule has 19 heavy (non-hydrogen) atoms. The Hall–Kier alpha value is -0.890. The summed E-state index contributed by atoms with van der Waals surface area (Å²) in [7, 11) is -3.55. The standard InChI is InChI=1S/C12H12BrNO3S2/c1-8-6-11(18-12(8)13)19(16,17)14-7-9-4-2-3-5-10(9)15/h2-6,14-15H,7H2,1H3. The number of phenols is 1. The maximum atomic E-state index is 12.1. The smallest absolute Gasteiger partial charge is 0.250 e. The van der Waals surface area contributed by atoms with Crippen LogP contribution in [0.3, 0.4) is 0 Å². The third-order valence-corrected chi connectivity index (χ3v) is 6.56. The van der Waals surface area contributed by atoms with E-state index in [4.69, 9.17) is 0 Å². The highest BCUT2D eigenvalue weighted by Crippen LogP contribution is 2.30. The van der Waals surface area contributed by atoms with E-state index >= 15 is 0 Å².